The normalized spacial score (nSPS) is 10.0. The van der Waals surface area contributed by atoms with Crippen LogP contribution in [0.15, 0.2) is 30.3 Å². The van der Waals surface area contributed by atoms with Crippen molar-refractivity contribution in [1.29, 1.82) is 0 Å². The number of aromatic amines is 1. The van der Waals surface area contributed by atoms with Crippen molar-refractivity contribution in [2.45, 2.75) is 6.92 Å². The van der Waals surface area contributed by atoms with Crippen LogP contribution in [0.2, 0.25) is 0 Å². The van der Waals surface area contributed by atoms with Gasteiger partial charge in [0.05, 0.1) is 7.11 Å². The number of benzene rings is 1. The van der Waals surface area contributed by atoms with Crippen LogP contribution in [0.3, 0.4) is 0 Å². The molecule has 2 N–H and O–H groups in total. The highest BCUT2D eigenvalue weighted by Gasteiger charge is 1.98. The molecule has 0 atom stereocenters. The number of aryl methyl sites for hydroxylation is 1. The lowest BCUT2D eigenvalue weighted by atomic mass is 10.3. The van der Waals surface area contributed by atoms with Crippen LogP contribution in [0.25, 0.3) is 0 Å². The van der Waals surface area contributed by atoms with Crippen LogP contribution >= 0.6 is 0 Å². The van der Waals surface area contributed by atoms with Crippen LogP contribution in [0, 0.1) is 6.92 Å². The number of aromatic nitrogens is 2. The predicted octanol–water partition coefficient (Wildman–Crippen LogP) is 2.47. The van der Waals surface area contributed by atoms with Gasteiger partial charge in [-0.05, 0) is 31.2 Å². The SMILES string of the molecule is COc1ccc(Nc2cc(C)[nH]n2)cc1. The number of nitrogens with zero attached hydrogens (tertiary/aromatic N) is 1. The van der Waals surface area contributed by atoms with Gasteiger partial charge in [0.1, 0.15) is 5.75 Å². The lowest BCUT2D eigenvalue weighted by Gasteiger charge is -2.03. The molecule has 0 unspecified atom stereocenters. The molecule has 0 saturated carbocycles. The van der Waals surface area contributed by atoms with E-state index in [1.54, 1.807) is 7.11 Å². The Bertz CT molecular complexity index is 433. The van der Waals surface area contributed by atoms with Crippen molar-refractivity contribution in [3.05, 3.63) is 36.0 Å². The molecule has 0 aliphatic heterocycles. The summed E-state index contributed by atoms with van der Waals surface area (Å²) in [7, 11) is 1.65. The van der Waals surface area contributed by atoms with Crippen LogP contribution in [0.1, 0.15) is 5.69 Å². The first-order chi connectivity index (χ1) is 7.28. The van der Waals surface area contributed by atoms with E-state index in [2.05, 4.69) is 15.5 Å². The fourth-order valence-electron chi connectivity index (χ4n) is 1.30. The van der Waals surface area contributed by atoms with Crippen molar-refractivity contribution in [2.75, 3.05) is 12.4 Å². The molecule has 0 saturated heterocycles. The molecule has 0 bridgehead atoms. The van der Waals surface area contributed by atoms with E-state index < -0.39 is 0 Å². The maximum absolute atomic E-state index is 5.07. The second-order valence-electron chi connectivity index (χ2n) is 3.29. The van der Waals surface area contributed by atoms with E-state index in [1.807, 2.05) is 37.3 Å². The number of hydrogen-bond donors (Lipinski definition) is 2. The predicted molar refractivity (Wildman–Crippen MR) is 59.6 cm³/mol. The minimum absolute atomic E-state index is 0.817. The quantitative estimate of drug-likeness (QED) is 0.805. The topological polar surface area (TPSA) is 49.9 Å². The van der Waals surface area contributed by atoms with Gasteiger partial charge in [-0.1, -0.05) is 0 Å². The van der Waals surface area contributed by atoms with Crippen molar-refractivity contribution in [2.24, 2.45) is 0 Å². The molecule has 4 nitrogen and oxygen atoms in total. The average molecular weight is 203 g/mol. The van der Waals surface area contributed by atoms with E-state index in [0.717, 1.165) is 22.9 Å². The molecule has 4 heteroatoms. The summed E-state index contributed by atoms with van der Waals surface area (Å²) in [5.74, 6) is 1.66. The summed E-state index contributed by atoms with van der Waals surface area (Å²) in [6, 6.07) is 9.65. The Morgan fingerprint density at radius 2 is 2.00 bits per heavy atom. The summed E-state index contributed by atoms with van der Waals surface area (Å²) in [5.41, 5.74) is 2.02. The lowest BCUT2D eigenvalue weighted by Crippen LogP contribution is -1.90. The highest BCUT2D eigenvalue weighted by molar-refractivity contribution is 5.57. The average Bonchev–Trinajstić information content (AvgIpc) is 2.65. The maximum atomic E-state index is 5.07. The summed E-state index contributed by atoms with van der Waals surface area (Å²) in [4.78, 5) is 0. The second-order valence-corrected chi connectivity index (χ2v) is 3.29. The van der Waals surface area contributed by atoms with Gasteiger partial charge in [-0.15, -0.1) is 0 Å². The molecule has 0 radical (unpaired) electrons. The zero-order valence-electron chi connectivity index (χ0n) is 8.74. The van der Waals surface area contributed by atoms with Gasteiger partial charge < -0.3 is 10.1 Å². The third kappa shape index (κ3) is 2.28. The molecular formula is C11H13N3O. The van der Waals surface area contributed by atoms with Gasteiger partial charge in [0.25, 0.3) is 0 Å². The third-order valence-electron chi connectivity index (χ3n) is 2.07. The molecule has 15 heavy (non-hydrogen) atoms. The monoisotopic (exact) mass is 203 g/mol. The van der Waals surface area contributed by atoms with E-state index in [4.69, 9.17) is 4.74 Å². The third-order valence-corrected chi connectivity index (χ3v) is 2.07. The van der Waals surface area contributed by atoms with Crippen LogP contribution in [-0.4, -0.2) is 17.3 Å². The number of H-pyrrole nitrogens is 1. The van der Waals surface area contributed by atoms with Crippen LogP contribution in [0.4, 0.5) is 11.5 Å². The van der Waals surface area contributed by atoms with E-state index in [0.29, 0.717) is 0 Å². The zero-order valence-corrected chi connectivity index (χ0v) is 8.74. The minimum Gasteiger partial charge on any atom is -0.497 e. The highest BCUT2D eigenvalue weighted by Crippen LogP contribution is 2.18. The Hall–Kier alpha value is -1.97. The molecule has 2 aromatic rings. The minimum atomic E-state index is 0.817. The molecule has 1 aromatic carbocycles. The summed E-state index contributed by atoms with van der Waals surface area (Å²) in [5, 5.41) is 10.1. The Labute approximate surface area is 88.3 Å². The van der Waals surface area contributed by atoms with Gasteiger partial charge in [0, 0.05) is 17.4 Å². The first kappa shape index (κ1) is 9.58. The molecule has 0 amide bonds. The Balaban J connectivity index is 2.11. The van der Waals surface area contributed by atoms with Gasteiger partial charge >= 0.3 is 0 Å². The summed E-state index contributed by atoms with van der Waals surface area (Å²) in [6.07, 6.45) is 0. The van der Waals surface area contributed by atoms with Crippen molar-refractivity contribution < 1.29 is 4.74 Å². The Morgan fingerprint density at radius 1 is 1.27 bits per heavy atom. The molecule has 78 valence electrons. The van der Waals surface area contributed by atoms with Crippen LogP contribution in [0.5, 0.6) is 5.75 Å². The van der Waals surface area contributed by atoms with E-state index in [9.17, 15) is 0 Å². The second kappa shape index (κ2) is 4.04. The van der Waals surface area contributed by atoms with Crippen LogP contribution in [-0.2, 0) is 0 Å². The largest absolute Gasteiger partial charge is 0.497 e. The van der Waals surface area contributed by atoms with Gasteiger partial charge in [-0.3, -0.25) is 5.10 Å². The first-order valence-corrected chi connectivity index (χ1v) is 4.71. The smallest absolute Gasteiger partial charge is 0.152 e. The maximum Gasteiger partial charge on any atom is 0.152 e. The Kier molecular flexibility index (Phi) is 2.58. The van der Waals surface area contributed by atoms with E-state index in [-0.39, 0.29) is 0 Å². The summed E-state index contributed by atoms with van der Waals surface area (Å²) < 4.78 is 5.07. The van der Waals surface area contributed by atoms with E-state index in [1.165, 1.54) is 0 Å². The van der Waals surface area contributed by atoms with Gasteiger partial charge in [0.15, 0.2) is 5.82 Å². The number of methoxy groups -OCH3 is 1. The fraction of sp³-hybridized carbons (Fsp3) is 0.182. The summed E-state index contributed by atoms with van der Waals surface area (Å²) in [6.45, 7) is 1.96. The molecule has 0 spiro atoms. The number of rotatable bonds is 3. The standard InChI is InChI=1S/C11H13N3O/c1-8-7-11(14-13-8)12-9-3-5-10(15-2)6-4-9/h3-7H,1-2H3,(H2,12,13,14). The highest BCUT2D eigenvalue weighted by atomic mass is 16.5. The number of ether oxygens (including phenoxy) is 1. The summed E-state index contributed by atoms with van der Waals surface area (Å²) >= 11 is 0. The Morgan fingerprint density at radius 3 is 2.53 bits per heavy atom. The molecule has 0 aliphatic carbocycles. The molecule has 2 rings (SSSR count). The van der Waals surface area contributed by atoms with Crippen LogP contribution < -0.4 is 10.1 Å². The van der Waals surface area contributed by atoms with Crippen molar-refractivity contribution >= 4 is 11.5 Å². The van der Waals surface area contributed by atoms with Gasteiger partial charge in [-0.25, -0.2) is 0 Å². The van der Waals surface area contributed by atoms with Gasteiger partial charge in [-0.2, -0.15) is 5.10 Å². The van der Waals surface area contributed by atoms with Gasteiger partial charge in [0.2, 0.25) is 0 Å². The van der Waals surface area contributed by atoms with E-state index >= 15 is 0 Å². The van der Waals surface area contributed by atoms with Crippen molar-refractivity contribution in [3.63, 3.8) is 0 Å². The first-order valence-electron chi connectivity index (χ1n) is 4.71. The molecule has 0 aliphatic rings. The molecule has 0 fully saturated rings. The number of hydrogen-bond acceptors (Lipinski definition) is 3. The molecular weight excluding hydrogens is 190 g/mol. The molecule has 1 heterocycles. The number of anilines is 2. The lowest BCUT2D eigenvalue weighted by molar-refractivity contribution is 0.415. The zero-order chi connectivity index (χ0) is 10.7. The molecule has 1 aromatic heterocycles. The van der Waals surface area contributed by atoms with Crippen molar-refractivity contribution in [3.8, 4) is 5.75 Å². The number of nitrogens with one attached hydrogen (secondary N) is 2. The fourth-order valence-corrected chi connectivity index (χ4v) is 1.30. The van der Waals surface area contributed by atoms with Crippen molar-refractivity contribution in [1.82, 2.24) is 10.2 Å².